The molecule has 0 N–H and O–H groups in total. The lowest BCUT2D eigenvalue weighted by Crippen LogP contribution is -2.32. The van der Waals surface area contributed by atoms with Gasteiger partial charge < -0.3 is 0 Å². The van der Waals surface area contributed by atoms with Crippen LogP contribution in [0.25, 0.3) is 11.1 Å². The van der Waals surface area contributed by atoms with Crippen molar-refractivity contribution in [3.63, 3.8) is 0 Å². The van der Waals surface area contributed by atoms with Crippen molar-refractivity contribution < 1.29 is 0 Å². The molecule has 0 nitrogen and oxygen atoms in total. The summed E-state index contributed by atoms with van der Waals surface area (Å²) in [4.78, 5) is 0. The van der Waals surface area contributed by atoms with Crippen LogP contribution in [-0.4, -0.2) is 0 Å². The average molecular weight is 719 g/mol. The highest BCUT2D eigenvalue weighted by Gasteiger charge is 2.33. The lowest BCUT2D eigenvalue weighted by Gasteiger charge is -2.34. The minimum absolute atomic E-state index is 0.906. The van der Waals surface area contributed by atoms with E-state index in [2.05, 4.69) is 182 Å². The van der Waals surface area contributed by atoms with E-state index in [-0.39, 0.29) is 0 Å². The zero-order chi connectivity index (χ0) is 37.8. The summed E-state index contributed by atoms with van der Waals surface area (Å²) >= 11 is 0. The first kappa shape index (κ1) is 37.9. The van der Waals surface area contributed by atoms with Gasteiger partial charge in [0.15, 0.2) is 0 Å². The molecule has 0 unspecified atom stereocenters. The highest BCUT2D eigenvalue weighted by Crippen LogP contribution is 2.48. The van der Waals surface area contributed by atoms with E-state index < -0.39 is 15.8 Å². The maximum atomic E-state index is 2.58. The third-order valence-electron chi connectivity index (χ3n) is 11.7. The van der Waals surface area contributed by atoms with Crippen molar-refractivity contribution in [2.45, 2.75) is 96.9 Å². The summed E-state index contributed by atoms with van der Waals surface area (Å²) in [6.07, 6.45) is 0. The number of benzene rings is 6. The van der Waals surface area contributed by atoms with E-state index in [9.17, 15) is 0 Å². The molecule has 6 aromatic rings. The van der Waals surface area contributed by atoms with Crippen LogP contribution in [0.1, 0.15) is 77.9 Å². The summed E-state index contributed by atoms with van der Waals surface area (Å²) in [5, 5.41) is 8.94. The second kappa shape index (κ2) is 14.9. The third-order valence-corrected chi connectivity index (χ3v) is 17.9. The summed E-state index contributed by atoms with van der Waals surface area (Å²) < 4.78 is 0. The van der Waals surface area contributed by atoms with E-state index >= 15 is 0 Å². The van der Waals surface area contributed by atoms with Crippen LogP contribution in [0.2, 0.25) is 0 Å². The van der Waals surface area contributed by atoms with Crippen molar-refractivity contribution in [3.05, 3.63) is 163 Å². The largest absolute Gasteiger partial charge is 0.0617 e. The Hall–Kier alpha value is -3.82. The van der Waals surface area contributed by atoms with Crippen molar-refractivity contribution in [2.24, 2.45) is 0 Å². The molecule has 0 heterocycles. The zero-order valence-corrected chi connectivity index (χ0v) is 35.8. The summed E-state index contributed by atoms with van der Waals surface area (Å²) in [7, 11) is -1.81. The molecule has 0 aromatic heterocycles. The maximum absolute atomic E-state index is 2.58. The Morgan fingerprint density at radius 2 is 0.481 bits per heavy atom. The van der Waals surface area contributed by atoms with Gasteiger partial charge >= 0.3 is 0 Å². The summed E-state index contributed by atoms with van der Waals surface area (Å²) in [6, 6.07) is 32.7. The zero-order valence-electron chi connectivity index (χ0n) is 34.0. The number of hydrogen-bond acceptors (Lipinski definition) is 0. The molecule has 0 aliphatic rings. The molecule has 0 radical (unpaired) electrons. The molecule has 6 rings (SSSR count). The molecule has 0 atom stereocenters. The number of hydrogen-bond donors (Lipinski definition) is 0. The van der Waals surface area contributed by atoms with Crippen LogP contribution in [0.4, 0.5) is 0 Å². The van der Waals surface area contributed by atoms with Crippen molar-refractivity contribution in [3.8, 4) is 11.1 Å². The Morgan fingerprint density at radius 1 is 0.269 bits per heavy atom. The summed E-state index contributed by atoms with van der Waals surface area (Å²) in [6.45, 7) is 32.8. The smallest absolute Gasteiger partial charge is 0.00588 e. The van der Waals surface area contributed by atoms with Crippen LogP contribution >= 0.6 is 15.8 Å². The van der Waals surface area contributed by atoms with E-state index in [0.29, 0.717) is 0 Å². The molecule has 0 aliphatic heterocycles. The molecule has 2 heteroatoms. The summed E-state index contributed by atoms with van der Waals surface area (Å²) in [5.41, 5.74) is 22.2. The molecule has 0 spiro atoms. The first-order chi connectivity index (χ1) is 24.6. The van der Waals surface area contributed by atoms with Gasteiger partial charge in [0, 0.05) is 0 Å². The predicted octanol–water partition coefficient (Wildman–Crippen LogP) is 11.2. The molecule has 6 aromatic carbocycles. The quantitative estimate of drug-likeness (QED) is 0.144. The van der Waals surface area contributed by atoms with Crippen molar-refractivity contribution in [2.75, 3.05) is 0 Å². The normalized spacial score (nSPS) is 11.6. The van der Waals surface area contributed by atoms with Gasteiger partial charge in [-0.25, -0.2) is 0 Å². The molecular weight excluding hydrogens is 662 g/mol. The van der Waals surface area contributed by atoms with E-state index in [1.165, 1.54) is 121 Å². The predicted molar refractivity (Wildman–Crippen MR) is 236 cm³/mol. The van der Waals surface area contributed by atoms with Crippen molar-refractivity contribution >= 4 is 47.7 Å². The fraction of sp³-hybridized carbons (Fsp3) is 0.280. The van der Waals surface area contributed by atoms with Gasteiger partial charge in [0.25, 0.3) is 0 Å². The summed E-state index contributed by atoms with van der Waals surface area (Å²) in [5.74, 6) is 0. The molecule has 0 saturated carbocycles. The van der Waals surface area contributed by atoms with Crippen LogP contribution in [-0.2, 0) is 0 Å². The van der Waals surface area contributed by atoms with Crippen LogP contribution in [0.15, 0.2) is 84.9 Å². The molecule has 0 aliphatic carbocycles. The third kappa shape index (κ3) is 6.53. The van der Waals surface area contributed by atoms with Gasteiger partial charge in [-0.2, -0.15) is 0 Å². The Bertz CT molecular complexity index is 2000. The second-order valence-corrected chi connectivity index (χ2v) is 19.4. The van der Waals surface area contributed by atoms with Crippen LogP contribution < -0.4 is 31.8 Å². The van der Waals surface area contributed by atoms with Crippen LogP contribution in [0.5, 0.6) is 0 Å². The standard InChI is InChI=1S/C50H56P2/c1-29-19-15-20-30(2)47(29)51(48-31(3)21-16-22-32(48)4)43-27-37(9)39(11)41(13)45(43)46-42(14)40(12)38(10)28-44(46)52(49-33(5)23-17-24-34(49)6)50-35(7)25-18-26-36(50)8/h15-28H,1-14H3. The minimum atomic E-state index is -0.906. The van der Waals surface area contributed by atoms with Gasteiger partial charge in [-0.05, 0) is 234 Å². The number of aryl methyl sites for hydroxylation is 10. The van der Waals surface area contributed by atoms with E-state index in [0.717, 1.165) is 0 Å². The van der Waals surface area contributed by atoms with Crippen LogP contribution in [0.3, 0.4) is 0 Å². The van der Waals surface area contributed by atoms with Gasteiger partial charge in [-0.3, -0.25) is 0 Å². The fourth-order valence-electron chi connectivity index (χ4n) is 8.44. The average Bonchev–Trinajstić information content (AvgIpc) is 3.08. The lowest BCUT2D eigenvalue weighted by atomic mass is 9.88. The van der Waals surface area contributed by atoms with E-state index in [1.54, 1.807) is 0 Å². The minimum Gasteiger partial charge on any atom is -0.0617 e. The van der Waals surface area contributed by atoms with Gasteiger partial charge in [0.1, 0.15) is 0 Å². The first-order valence-electron chi connectivity index (χ1n) is 18.7. The molecular formula is C50H56P2. The highest BCUT2D eigenvalue weighted by atomic mass is 31.1. The van der Waals surface area contributed by atoms with Crippen LogP contribution in [0, 0.1) is 96.9 Å². The van der Waals surface area contributed by atoms with Crippen molar-refractivity contribution in [1.29, 1.82) is 0 Å². The molecule has 0 amide bonds. The number of rotatable bonds is 7. The Labute approximate surface area is 317 Å². The van der Waals surface area contributed by atoms with Gasteiger partial charge in [-0.1, -0.05) is 84.9 Å². The molecule has 0 saturated heterocycles. The molecule has 52 heavy (non-hydrogen) atoms. The Morgan fingerprint density at radius 3 is 0.692 bits per heavy atom. The molecule has 0 bridgehead atoms. The van der Waals surface area contributed by atoms with E-state index in [4.69, 9.17) is 0 Å². The van der Waals surface area contributed by atoms with Gasteiger partial charge in [0.2, 0.25) is 0 Å². The maximum Gasteiger partial charge on any atom is -0.00588 e. The van der Waals surface area contributed by atoms with E-state index in [1.807, 2.05) is 0 Å². The topological polar surface area (TPSA) is 0 Å². The Balaban J connectivity index is 1.87. The van der Waals surface area contributed by atoms with Crippen molar-refractivity contribution in [1.82, 2.24) is 0 Å². The van der Waals surface area contributed by atoms with Gasteiger partial charge in [0.05, 0.1) is 0 Å². The monoisotopic (exact) mass is 718 g/mol. The first-order valence-corrected chi connectivity index (χ1v) is 21.4. The lowest BCUT2D eigenvalue weighted by molar-refractivity contribution is 1.25. The SMILES string of the molecule is Cc1cc(P(c2c(C)cccc2C)c2c(C)cccc2C)c(-c2c(P(c3c(C)cccc3C)c3c(C)cccc3C)cc(C)c(C)c2C)c(C)c1C. The molecule has 0 fully saturated rings. The van der Waals surface area contributed by atoms with Gasteiger partial charge in [-0.15, -0.1) is 0 Å². The molecule has 266 valence electrons. The Kier molecular flexibility index (Phi) is 10.9. The highest BCUT2D eigenvalue weighted by molar-refractivity contribution is 7.81. The second-order valence-electron chi connectivity index (χ2n) is 15.3. The fourth-order valence-corrected chi connectivity index (χ4v) is 14.9.